The van der Waals surface area contributed by atoms with Crippen molar-refractivity contribution in [2.45, 2.75) is 6.54 Å². The number of sulfonamides is 1. The molecule has 0 aliphatic heterocycles. The molecule has 0 spiro atoms. The second-order valence-corrected chi connectivity index (χ2v) is 5.05. The summed E-state index contributed by atoms with van der Waals surface area (Å²) in [6.45, 7) is 0.327. The number of phenols is 1. The molecule has 16 heavy (non-hydrogen) atoms. The highest BCUT2D eigenvalue weighted by Crippen LogP contribution is 2.17. The summed E-state index contributed by atoms with van der Waals surface area (Å²) in [5.41, 5.74) is 0.370. The van der Waals surface area contributed by atoms with E-state index in [1.807, 2.05) is 0 Å². The molecule has 90 valence electrons. The van der Waals surface area contributed by atoms with Crippen LogP contribution < -0.4 is 10.5 Å². The number of benzene rings is 1. The number of phenolic OH excluding ortho intramolecular Hbond substituents is 1. The van der Waals surface area contributed by atoms with Crippen LogP contribution in [0.3, 0.4) is 0 Å². The fraction of sp³-hybridized carbons (Fsp3) is 0.333. The molecule has 7 heteroatoms. The summed E-state index contributed by atoms with van der Waals surface area (Å²) in [6.07, 6.45) is 0. The van der Waals surface area contributed by atoms with Gasteiger partial charge in [0, 0.05) is 18.7 Å². The smallest absolute Gasteiger partial charge is 0.210 e. The van der Waals surface area contributed by atoms with Crippen molar-refractivity contribution in [1.29, 1.82) is 0 Å². The highest BCUT2D eigenvalue weighted by atomic mass is 32.2. The van der Waals surface area contributed by atoms with Gasteiger partial charge in [0.25, 0.3) is 0 Å². The number of nitrogens with one attached hydrogen (secondary N) is 1. The number of halogens is 1. The molecule has 0 heterocycles. The van der Waals surface area contributed by atoms with Gasteiger partial charge in [-0.3, -0.25) is 0 Å². The van der Waals surface area contributed by atoms with E-state index in [9.17, 15) is 17.9 Å². The summed E-state index contributed by atoms with van der Waals surface area (Å²) in [7, 11) is -3.50. The number of rotatable bonds is 5. The maximum Gasteiger partial charge on any atom is 0.210 e. The fourth-order valence-corrected chi connectivity index (χ4v) is 1.56. The van der Waals surface area contributed by atoms with Crippen molar-refractivity contribution in [1.82, 2.24) is 5.32 Å². The Balaban J connectivity index is 2.46. The van der Waals surface area contributed by atoms with Crippen molar-refractivity contribution in [2.75, 3.05) is 12.3 Å². The zero-order chi connectivity index (χ0) is 12.2. The van der Waals surface area contributed by atoms with Crippen LogP contribution in [-0.2, 0) is 16.6 Å². The summed E-state index contributed by atoms with van der Waals surface area (Å²) >= 11 is 0. The minimum atomic E-state index is -3.50. The minimum absolute atomic E-state index is 0.0375. The number of nitrogens with two attached hydrogens (primary N) is 1. The highest BCUT2D eigenvalue weighted by molar-refractivity contribution is 7.89. The topological polar surface area (TPSA) is 92.4 Å². The first-order valence-electron chi connectivity index (χ1n) is 4.57. The lowest BCUT2D eigenvalue weighted by molar-refractivity contribution is 0.462. The molecule has 0 unspecified atom stereocenters. The van der Waals surface area contributed by atoms with Crippen LogP contribution in [0.4, 0.5) is 4.39 Å². The molecule has 1 aromatic carbocycles. The van der Waals surface area contributed by atoms with E-state index in [0.29, 0.717) is 5.56 Å². The van der Waals surface area contributed by atoms with Gasteiger partial charge in [-0.1, -0.05) is 0 Å². The number of primary sulfonamides is 1. The van der Waals surface area contributed by atoms with Gasteiger partial charge < -0.3 is 10.4 Å². The molecule has 0 saturated carbocycles. The molecule has 0 saturated heterocycles. The lowest BCUT2D eigenvalue weighted by Crippen LogP contribution is -2.26. The van der Waals surface area contributed by atoms with E-state index in [1.165, 1.54) is 12.1 Å². The molecule has 0 aliphatic rings. The van der Waals surface area contributed by atoms with Crippen LogP contribution >= 0.6 is 0 Å². The molecule has 0 aromatic heterocycles. The minimum Gasteiger partial charge on any atom is -0.508 e. The van der Waals surface area contributed by atoms with Gasteiger partial charge in [0.05, 0.1) is 5.75 Å². The predicted octanol–water partition coefficient (Wildman–Crippen LogP) is -0.0906. The van der Waals surface area contributed by atoms with Crippen LogP contribution in [0.1, 0.15) is 5.56 Å². The van der Waals surface area contributed by atoms with Crippen molar-refractivity contribution in [2.24, 2.45) is 5.14 Å². The summed E-state index contributed by atoms with van der Waals surface area (Å²) in [5.74, 6) is -0.700. The molecule has 0 fully saturated rings. The summed E-state index contributed by atoms with van der Waals surface area (Å²) in [5, 5.41) is 16.9. The Kier molecular flexibility index (Phi) is 4.22. The van der Waals surface area contributed by atoms with E-state index in [0.717, 1.165) is 6.07 Å². The van der Waals surface area contributed by atoms with Gasteiger partial charge in [-0.05, 0) is 18.2 Å². The molecular formula is C9H13FN2O3S. The third-order valence-corrected chi connectivity index (χ3v) is 2.69. The average molecular weight is 248 g/mol. The number of hydrogen-bond donors (Lipinski definition) is 3. The highest BCUT2D eigenvalue weighted by Gasteiger charge is 2.04. The van der Waals surface area contributed by atoms with E-state index in [2.05, 4.69) is 5.32 Å². The van der Waals surface area contributed by atoms with Crippen LogP contribution in [0.15, 0.2) is 18.2 Å². The Morgan fingerprint density at radius 2 is 2.12 bits per heavy atom. The zero-order valence-corrected chi connectivity index (χ0v) is 9.30. The van der Waals surface area contributed by atoms with Gasteiger partial charge in [0.1, 0.15) is 11.6 Å². The van der Waals surface area contributed by atoms with E-state index in [4.69, 9.17) is 5.14 Å². The summed E-state index contributed by atoms with van der Waals surface area (Å²) in [4.78, 5) is 0. The average Bonchev–Trinajstić information content (AvgIpc) is 2.16. The van der Waals surface area contributed by atoms with Gasteiger partial charge in [-0.15, -0.1) is 0 Å². The molecule has 0 aliphatic carbocycles. The molecule has 0 radical (unpaired) electrons. The predicted molar refractivity (Wildman–Crippen MR) is 57.7 cm³/mol. The van der Waals surface area contributed by atoms with Crippen molar-refractivity contribution in [3.8, 4) is 5.75 Å². The lowest BCUT2D eigenvalue weighted by atomic mass is 10.2. The lowest BCUT2D eigenvalue weighted by Gasteiger charge is -2.06. The largest absolute Gasteiger partial charge is 0.508 e. The zero-order valence-electron chi connectivity index (χ0n) is 8.48. The van der Waals surface area contributed by atoms with E-state index < -0.39 is 15.8 Å². The Labute approximate surface area is 93.1 Å². The fourth-order valence-electron chi connectivity index (χ4n) is 1.13. The van der Waals surface area contributed by atoms with Gasteiger partial charge in [0.2, 0.25) is 10.0 Å². The summed E-state index contributed by atoms with van der Waals surface area (Å²) < 4.78 is 34.0. The van der Waals surface area contributed by atoms with Crippen LogP contribution in [0, 0.1) is 5.82 Å². The SMILES string of the molecule is NS(=O)(=O)CCNCc1cc(F)ccc1O. The van der Waals surface area contributed by atoms with Gasteiger partial charge in [0.15, 0.2) is 0 Å². The molecular weight excluding hydrogens is 235 g/mol. The quantitative estimate of drug-likeness (QED) is 0.635. The van der Waals surface area contributed by atoms with Crippen molar-refractivity contribution in [3.05, 3.63) is 29.6 Å². The van der Waals surface area contributed by atoms with Crippen LogP contribution in [0.5, 0.6) is 5.75 Å². The Morgan fingerprint density at radius 3 is 2.75 bits per heavy atom. The number of aromatic hydroxyl groups is 1. The molecule has 1 aromatic rings. The maximum absolute atomic E-state index is 12.8. The molecule has 0 bridgehead atoms. The molecule has 0 atom stereocenters. The van der Waals surface area contributed by atoms with Gasteiger partial charge >= 0.3 is 0 Å². The first-order valence-corrected chi connectivity index (χ1v) is 6.28. The Morgan fingerprint density at radius 1 is 1.44 bits per heavy atom. The normalized spacial score (nSPS) is 11.6. The molecule has 5 nitrogen and oxygen atoms in total. The summed E-state index contributed by atoms with van der Waals surface area (Å²) in [6, 6.07) is 3.56. The van der Waals surface area contributed by atoms with Crippen LogP contribution in [0.2, 0.25) is 0 Å². The van der Waals surface area contributed by atoms with Gasteiger partial charge in [-0.2, -0.15) is 0 Å². The first kappa shape index (κ1) is 12.9. The van der Waals surface area contributed by atoms with Crippen molar-refractivity contribution >= 4 is 10.0 Å². The molecule has 4 N–H and O–H groups in total. The maximum atomic E-state index is 12.8. The van der Waals surface area contributed by atoms with Crippen LogP contribution in [-0.4, -0.2) is 25.8 Å². The second-order valence-electron chi connectivity index (χ2n) is 3.32. The van der Waals surface area contributed by atoms with E-state index >= 15 is 0 Å². The van der Waals surface area contributed by atoms with Crippen molar-refractivity contribution in [3.63, 3.8) is 0 Å². The monoisotopic (exact) mass is 248 g/mol. The second kappa shape index (κ2) is 5.24. The molecule has 1 rings (SSSR count). The van der Waals surface area contributed by atoms with E-state index in [-0.39, 0.29) is 24.6 Å². The third-order valence-electron chi connectivity index (χ3n) is 1.92. The standard InChI is InChI=1S/C9H13FN2O3S/c10-8-1-2-9(13)7(5-8)6-12-3-4-16(11,14)15/h1-2,5,12-13H,3-4,6H2,(H2,11,14,15). The number of hydrogen-bond acceptors (Lipinski definition) is 4. The Bertz CT molecular complexity index is 462. The first-order chi connectivity index (χ1) is 7.38. The van der Waals surface area contributed by atoms with Crippen molar-refractivity contribution < 1.29 is 17.9 Å². The van der Waals surface area contributed by atoms with Gasteiger partial charge in [-0.25, -0.2) is 17.9 Å². The Hall–Kier alpha value is -1.18. The van der Waals surface area contributed by atoms with Crippen LogP contribution in [0.25, 0.3) is 0 Å². The molecule has 0 amide bonds. The third kappa shape index (κ3) is 4.56. The van der Waals surface area contributed by atoms with E-state index in [1.54, 1.807) is 0 Å².